The normalized spacial score (nSPS) is 12.3. The molecule has 1 aromatic heterocycles. The monoisotopic (exact) mass is 283 g/mol. The van der Waals surface area contributed by atoms with E-state index in [-0.39, 0.29) is 11.6 Å². The van der Waals surface area contributed by atoms with Gasteiger partial charge in [0.2, 0.25) is 0 Å². The second-order valence-electron chi connectivity index (χ2n) is 6.37. The van der Waals surface area contributed by atoms with Crippen molar-refractivity contribution in [2.24, 2.45) is 0 Å². The molecule has 20 heavy (non-hydrogen) atoms. The van der Waals surface area contributed by atoms with Gasteiger partial charge in [0.15, 0.2) is 0 Å². The van der Waals surface area contributed by atoms with E-state index in [4.69, 9.17) is 13.9 Å². The predicted octanol–water partition coefficient (Wildman–Crippen LogP) is 3.42. The van der Waals surface area contributed by atoms with Gasteiger partial charge < -0.3 is 19.2 Å². The summed E-state index contributed by atoms with van der Waals surface area (Å²) in [5, 5.41) is 3.41. The van der Waals surface area contributed by atoms with E-state index >= 15 is 0 Å². The number of rotatable bonds is 8. The zero-order valence-electron chi connectivity index (χ0n) is 13.7. The Morgan fingerprint density at radius 2 is 1.95 bits per heavy atom. The molecule has 0 aliphatic carbocycles. The van der Waals surface area contributed by atoms with Crippen LogP contribution in [0.3, 0.4) is 0 Å². The van der Waals surface area contributed by atoms with E-state index in [1.54, 1.807) is 0 Å². The molecule has 4 heteroatoms. The lowest BCUT2D eigenvalue weighted by Crippen LogP contribution is -2.34. The molecule has 0 saturated carbocycles. The summed E-state index contributed by atoms with van der Waals surface area (Å²) in [7, 11) is 0. The molecule has 0 bridgehead atoms. The molecule has 0 unspecified atom stereocenters. The quantitative estimate of drug-likeness (QED) is 0.742. The minimum Gasteiger partial charge on any atom is -0.465 e. The van der Waals surface area contributed by atoms with Gasteiger partial charge in [0.1, 0.15) is 11.5 Å². The Balaban J connectivity index is 2.34. The van der Waals surface area contributed by atoms with Gasteiger partial charge in [0, 0.05) is 11.1 Å². The lowest BCUT2D eigenvalue weighted by Gasteiger charge is -2.19. The highest BCUT2D eigenvalue weighted by molar-refractivity contribution is 5.20. The Hall–Kier alpha value is -0.840. The average Bonchev–Trinajstić information content (AvgIpc) is 2.66. The summed E-state index contributed by atoms with van der Waals surface area (Å²) < 4.78 is 16.8. The number of hydrogen-bond donors (Lipinski definition) is 1. The Bertz CT molecular complexity index is 391. The fourth-order valence-corrected chi connectivity index (χ4v) is 1.70. The Morgan fingerprint density at radius 1 is 1.25 bits per heavy atom. The van der Waals surface area contributed by atoms with Crippen LogP contribution in [-0.2, 0) is 22.6 Å². The Labute approximate surface area is 122 Å². The highest BCUT2D eigenvalue weighted by atomic mass is 16.5. The summed E-state index contributed by atoms with van der Waals surface area (Å²) in [6, 6.07) is 2.07. The number of aryl methyl sites for hydroxylation is 1. The molecule has 0 aliphatic rings. The van der Waals surface area contributed by atoms with E-state index in [0.29, 0.717) is 19.8 Å². The van der Waals surface area contributed by atoms with Crippen molar-refractivity contribution in [2.45, 2.75) is 66.3 Å². The first kappa shape index (κ1) is 17.2. The van der Waals surface area contributed by atoms with E-state index in [2.05, 4.69) is 32.2 Å². The van der Waals surface area contributed by atoms with Gasteiger partial charge in [-0.3, -0.25) is 0 Å². The summed E-state index contributed by atoms with van der Waals surface area (Å²) in [6.45, 7) is 15.0. The highest BCUT2D eigenvalue weighted by Gasteiger charge is 2.12. The summed E-state index contributed by atoms with van der Waals surface area (Å²) in [4.78, 5) is 0. The number of furan rings is 1. The van der Waals surface area contributed by atoms with Gasteiger partial charge in [-0.15, -0.1) is 0 Å². The summed E-state index contributed by atoms with van der Waals surface area (Å²) in [5.41, 5.74) is 1.20. The van der Waals surface area contributed by atoms with Gasteiger partial charge in [-0.25, -0.2) is 0 Å². The molecule has 0 aromatic carbocycles. The third-order valence-corrected chi connectivity index (χ3v) is 2.80. The van der Waals surface area contributed by atoms with Gasteiger partial charge in [-0.05, 0) is 47.6 Å². The highest BCUT2D eigenvalue weighted by Crippen LogP contribution is 2.16. The first-order valence-electron chi connectivity index (χ1n) is 7.30. The second-order valence-corrected chi connectivity index (χ2v) is 6.37. The molecule has 0 saturated heterocycles. The van der Waals surface area contributed by atoms with Crippen molar-refractivity contribution < 1.29 is 13.9 Å². The minimum absolute atomic E-state index is 0.0888. The van der Waals surface area contributed by atoms with E-state index < -0.39 is 0 Å². The lowest BCUT2D eigenvalue weighted by atomic mass is 10.1. The van der Waals surface area contributed by atoms with Crippen LogP contribution >= 0.6 is 0 Å². The molecular formula is C16H29NO3. The third kappa shape index (κ3) is 7.08. The van der Waals surface area contributed by atoms with Crippen molar-refractivity contribution in [1.82, 2.24) is 5.32 Å². The van der Waals surface area contributed by atoms with Crippen LogP contribution in [0, 0.1) is 6.92 Å². The van der Waals surface area contributed by atoms with Crippen LogP contribution in [0.2, 0.25) is 0 Å². The maximum absolute atomic E-state index is 5.73. The maximum Gasteiger partial charge on any atom is 0.118 e. The summed E-state index contributed by atoms with van der Waals surface area (Å²) in [5.74, 6) is 1.88. The minimum atomic E-state index is 0.0888. The second kappa shape index (κ2) is 7.81. The molecule has 0 radical (unpaired) electrons. The van der Waals surface area contributed by atoms with Gasteiger partial charge >= 0.3 is 0 Å². The Kier molecular flexibility index (Phi) is 6.72. The topological polar surface area (TPSA) is 43.6 Å². The first-order valence-corrected chi connectivity index (χ1v) is 7.30. The van der Waals surface area contributed by atoms with Crippen molar-refractivity contribution in [3.05, 3.63) is 23.2 Å². The Morgan fingerprint density at radius 3 is 2.55 bits per heavy atom. The zero-order valence-corrected chi connectivity index (χ0v) is 13.7. The fraction of sp³-hybridized carbons (Fsp3) is 0.750. The van der Waals surface area contributed by atoms with E-state index in [0.717, 1.165) is 23.6 Å². The van der Waals surface area contributed by atoms with Gasteiger partial charge in [0.25, 0.3) is 0 Å². The molecule has 0 amide bonds. The van der Waals surface area contributed by atoms with E-state index in [9.17, 15) is 0 Å². The van der Waals surface area contributed by atoms with E-state index in [1.165, 1.54) is 0 Å². The van der Waals surface area contributed by atoms with Crippen LogP contribution in [0.15, 0.2) is 10.5 Å². The third-order valence-electron chi connectivity index (χ3n) is 2.80. The van der Waals surface area contributed by atoms with Crippen LogP contribution in [-0.4, -0.2) is 24.9 Å². The molecule has 0 atom stereocenters. The molecular weight excluding hydrogens is 254 g/mol. The first-order chi connectivity index (χ1) is 9.28. The standard InChI is InChI=1S/C16H29NO3/c1-12(2)19-8-7-18-11-14-9-15(20-13(14)3)10-17-16(4,5)6/h9,12,17H,7-8,10-11H2,1-6H3. The molecule has 4 nitrogen and oxygen atoms in total. The molecule has 116 valence electrons. The molecule has 1 rings (SSSR count). The van der Waals surface area contributed by atoms with Crippen LogP contribution in [0.5, 0.6) is 0 Å². The largest absolute Gasteiger partial charge is 0.465 e. The number of hydrogen-bond acceptors (Lipinski definition) is 4. The van der Waals surface area contributed by atoms with Gasteiger partial charge in [-0.1, -0.05) is 0 Å². The van der Waals surface area contributed by atoms with Gasteiger partial charge in [0.05, 0.1) is 32.5 Å². The summed E-state index contributed by atoms with van der Waals surface area (Å²) in [6.07, 6.45) is 0.254. The predicted molar refractivity (Wildman–Crippen MR) is 80.8 cm³/mol. The molecule has 1 aromatic rings. The summed E-state index contributed by atoms with van der Waals surface area (Å²) >= 11 is 0. The van der Waals surface area contributed by atoms with Crippen LogP contribution in [0.4, 0.5) is 0 Å². The van der Waals surface area contributed by atoms with Crippen molar-refractivity contribution >= 4 is 0 Å². The number of nitrogens with one attached hydrogen (secondary N) is 1. The molecule has 0 spiro atoms. The van der Waals surface area contributed by atoms with Crippen LogP contribution in [0.25, 0.3) is 0 Å². The molecule has 0 fully saturated rings. The molecule has 1 N–H and O–H groups in total. The molecule has 1 heterocycles. The van der Waals surface area contributed by atoms with Crippen molar-refractivity contribution in [1.29, 1.82) is 0 Å². The van der Waals surface area contributed by atoms with Crippen molar-refractivity contribution in [2.75, 3.05) is 13.2 Å². The van der Waals surface area contributed by atoms with Gasteiger partial charge in [-0.2, -0.15) is 0 Å². The van der Waals surface area contributed by atoms with Crippen molar-refractivity contribution in [3.8, 4) is 0 Å². The number of ether oxygens (including phenoxy) is 2. The lowest BCUT2D eigenvalue weighted by molar-refractivity contribution is 0.0140. The average molecular weight is 283 g/mol. The van der Waals surface area contributed by atoms with Crippen LogP contribution < -0.4 is 5.32 Å². The van der Waals surface area contributed by atoms with Crippen molar-refractivity contribution in [3.63, 3.8) is 0 Å². The zero-order chi connectivity index (χ0) is 15.2. The maximum atomic E-state index is 5.73. The van der Waals surface area contributed by atoms with Crippen LogP contribution in [0.1, 0.15) is 51.7 Å². The fourth-order valence-electron chi connectivity index (χ4n) is 1.70. The van der Waals surface area contributed by atoms with E-state index in [1.807, 2.05) is 20.8 Å². The smallest absolute Gasteiger partial charge is 0.118 e. The molecule has 0 aliphatic heterocycles. The SMILES string of the molecule is Cc1oc(CNC(C)(C)C)cc1COCCOC(C)C.